The fourth-order valence-electron chi connectivity index (χ4n) is 4.48. The average Bonchev–Trinajstić information content (AvgIpc) is 2.79. The summed E-state index contributed by atoms with van der Waals surface area (Å²) in [4.78, 5) is 0. The van der Waals surface area contributed by atoms with E-state index in [1.165, 1.54) is 103 Å². The molecule has 0 aliphatic carbocycles. The van der Waals surface area contributed by atoms with Crippen molar-refractivity contribution in [3.05, 3.63) is 0 Å². The highest BCUT2D eigenvalue weighted by atomic mass is 16.7. The Morgan fingerprint density at radius 2 is 1.00 bits per heavy atom. The SMILES string of the molecule is CCCCCCCCCCCCCCCCCCCCO[C@@H]1[C@@H](O)[C@H](O)[C@@H](CO)O[C@@H]1O. The molecule has 6 heteroatoms. The predicted molar refractivity (Wildman–Crippen MR) is 128 cm³/mol. The van der Waals surface area contributed by atoms with Gasteiger partial charge in [-0.05, 0) is 6.42 Å². The third-order valence-electron chi connectivity index (χ3n) is 6.65. The molecule has 0 aromatic rings. The van der Waals surface area contributed by atoms with Gasteiger partial charge < -0.3 is 29.9 Å². The molecule has 1 saturated heterocycles. The Morgan fingerprint density at radius 3 is 1.41 bits per heavy atom. The smallest absolute Gasteiger partial charge is 0.184 e. The minimum Gasteiger partial charge on any atom is -0.394 e. The zero-order valence-electron chi connectivity index (χ0n) is 20.6. The lowest BCUT2D eigenvalue weighted by Gasteiger charge is -2.39. The van der Waals surface area contributed by atoms with E-state index in [0.717, 1.165) is 12.8 Å². The number of hydrogen-bond donors (Lipinski definition) is 4. The molecule has 0 radical (unpaired) electrons. The highest BCUT2D eigenvalue weighted by Gasteiger charge is 2.44. The molecule has 1 heterocycles. The van der Waals surface area contributed by atoms with Crippen molar-refractivity contribution in [3.63, 3.8) is 0 Å². The first-order valence-corrected chi connectivity index (χ1v) is 13.5. The quantitative estimate of drug-likeness (QED) is 0.183. The van der Waals surface area contributed by atoms with Gasteiger partial charge in [0.25, 0.3) is 0 Å². The number of unbranched alkanes of at least 4 members (excludes halogenated alkanes) is 17. The first kappa shape index (κ1) is 29.8. The van der Waals surface area contributed by atoms with Crippen LogP contribution in [0.1, 0.15) is 122 Å². The number of ether oxygens (including phenoxy) is 2. The summed E-state index contributed by atoms with van der Waals surface area (Å²) in [6, 6.07) is 0. The predicted octanol–water partition coefficient (Wildman–Crippen LogP) is 4.84. The third-order valence-corrected chi connectivity index (χ3v) is 6.65. The van der Waals surface area contributed by atoms with Gasteiger partial charge in [0, 0.05) is 6.61 Å². The van der Waals surface area contributed by atoms with Crippen LogP contribution in [0.2, 0.25) is 0 Å². The molecule has 0 bridgehead atoms. The molecule has 0 aromatic heterocycles. The fourth-order valence-corrected chi connectivity index (χ4v) is 4.48. The number of hydrogen-bond acceptors (Lipinski definition) is 6. The van der Waals surface area contributed by atoms with E-state index in [9.17, 15) is 15.3 Å². The minimum absolute atomic E-state index is 0.414. The summed E-state index contributed by atoms with van der Waals surface area (Å²) in [6.45, 7) is 2.23. The molecule has 0 unspecified atom stereocenters. The summed E-state index contributed by atoms with van der Waals surface area (Å²) >= 11 is 0. The van der Waals surface area contributed by atoms with Crippen LogP contribution in [0.25, 0.3) is 0 Å². The van der Waals surface area contributed by atoms with E-state index in [1.807, 2.05) is 0 Å². The van der Waals surface area contributed by atoms with Crippen LogP contribution in [0.4, 0.5) is 0 Å². The van der Waals surface area contributed by atoms with Crippen molar-refractivity contribution in [3.8, 4) is 0 Å². The number of aliphatic hydroxyl groups is 4. The van der Waals surface area contributed by atoms with Crippen molar-refractivity contribution < 1.29 is 29.9 Å². The van der Waals surface area contributed by atoms with Gasteiger partial charge in [-0.1, -0.05) is 116 Å². The molecule has 1 aliphatic heterocycles. The normalized spacial score (nSPS) is 26.0. The van der Waals surface area contributed by atoms with Crippen molar-refractivity contribution in [2.45, 2.75) is 153 Å². The lowest BCUT2D eigenvalue weighted by Crippen LogP contribution is -2.59. The summed E-state index contributed by atoms with van der Waals surface area (Å²) in [7, 11) is 0. The van der Waals surface area contributed by atoms with Gasteiger partial charge in [-0.3, -0.25) is 0 Å². The topological polar surface area (TPSA) is 99.4 Å². The minimum atomic E-state index is -1.33. The maximum atomic E-state index is 10.0. The molecule has 192 valence electrons. The van der Waals surface area contributed by atoms with E-state index in [4.69, 9.17) is 14.6 Å². The molecular formula is C26H52O6. The van der Waals surface area contributed by atoms with E-state index >= 15 is 0 Å². The van der Waals surface area contributed by atoms with Crippen LogP contribution in [0.5, 0.6) is 0 Å². The molecule has 1 fully saturated rings. The molecule has 1 rings (SSSR count). The molecule has 5 atom stereocenters. The van der Waals surface area contributed by atoms with Gasteiger partial charge >= 0.3 is 0 Å². The van der Waals surface area contributed by atoms with Crippen molar-refractivity contribution in [1.29, 1.82) is 0 Å². The summed E-state index contributed by atoms with van der Waals surface area (Å²) in [5, 5.41) is 38.9. The molecule has 32 heavy (non-hydrogen) atoms. The monoisotopic (exact) mass is 460 g/mol. The third kappa shape index (κ3) is 13.5. The Bertz CT molecular complexity index is 408. The van der Waals surface area contributed by atoms with Gasteiger partial charge in [0.05, 0.1) is 6.61 Å². The fraction of sp³-hybridized carbons (Fsp3) is 1.00. The molecule has 1 aliphatic rings. The van der Waals surface area contributed by atoms with E-state index in [0.29, 0.717) is 6.61 Å². The summed E-state index contributed by atoms with van der Waals surface area (Å²) in [5.41, 5.74) is 0. The van der Waals surface area contributed by atoms with Gasteiger partial charge in [-0.15, -0.1) is 0 Å². The Morgan fingerprint density at radius 1 is 0.594 bits per heavy atom. The largest absolute Gasteiger partial charge is 0.394 e. The van der Waals surface area contributed by atoms with Crippen molar-refractivity contribution in [2.24, 2.45) is 0 Å². The molecule has 0 spiro atoms. The van der Waals surface area contributed by atoms with Crippen LogP contribution in [-0.4, -0.2) is 64.3 Å². The molecule has 6 nitrogen and oxygen atoms in total. The van der Waals surface area contributed by atoms with Crippen LogP contribution in [0, 0.1) is 0 Å². The molecule has 4 N–H and O–H groups in total. The zero-order valence-corrected chi connectivity index (χ0v) is 20.6. The highest BCUT2D eigenvalue weighted by molar-refractivity contribution is 4.89. The first-order chi connectivity index (χ1) is 15.6. The van der Waals surface area contributed by atoms with E-state index in [2.05, 4.69) is 6.92 Å². The maximum Gasteiger partial charge on any atom is 0.184 e. The van der Waals surface area contributed by atoms with Crippen LogP contribution in [0.15, 0.2) is 0 Å². The lowest BCUT2D eigenvalue weighted by atomic mass is 9.99. The van der Waals surface area contributed by atoms with Crippen molar-refractivity contribution >= 4 is 0 Å². The first-order valence-electron chi connectivity index (χ1n) is 13.5. The number of rotatable bonds is 21. The molecule has 0 saturated carbocycles. The second-order valence-corrected chi connectivity index (χ2v) is 9.57. The van der Waals surface area contributed by atoms with E-state index in [1.54, 1.807) is 0 Å². The van der Waals surface area contributed by atoms with Crippen molar-refractivity contribution in [1.82, 2.24) is 0 Å². The van der Waals surface area contributed by atoms with Crippen LogP contribution >= 0.6 is 0 Å². The second-order valence-electron chi connectivity index (χ2n) is 9.57. The van der Waals surface area contributed by atoms with E-state index < -0.39 is 37.3 Å². The average molecular weight is 461 g/mol. The summed E-state index contributed by atoms with van der Waals surface area (Å²) in [5.74, 6) is 0. The van der Waals surface area contributed by atoms with Gasteiger partial charge in [0.2, 0.25) is 0 Å². The Kier molecular flexibility index (Phi) is 18.8. The molecular weight excluding hydrogens is 408 g/mol. The van der Waals surface area contributed by atoms with Crippen LogP contribution in [0.3, 0.4) is 0 Å². The van der Waals surface area contributed by atoms with Crippen LogP contribution in [-0.2, 0) is 9.47 Å². The Labute approximate surface area is 196 Å². The van der Waals surface area contributed by atoms with E-state index in [-0.39, 0.29) is 0 Å². The molecule has 0 aromatic carbocycles. The Balaban J connectivity index is 1.82. The van der Waals surface area contributed by atoms with Gasteiger partial charge in [0.1, 0.15) is 24.4 Å². The standard InChI is InChI=1S/C26H52O6/c1-2-3-4-5-6-7-8-9-10-11-12-13-14-15-16-17-18-19-20-31-25-24(29)23(28)22(21-27)32-26(25)30/h22-30H,2-21H2,1H3/t22-,23-,24+,25-,26+/m1/s1. The van der Waals surface area contributed by atoms with Crippen molar-refractivity contribution in [2.75, 3.05) is 13.2 Å². The second kappa shape index (κ2) is 20.2. The van der Waals surface area contributed by atoms with Crippen LogP contribution < -0.4 is 0 Å². The van der Waals surface area contributed by atoms with Gasteiger partial charge in [-0.25, -0.2) is 0 Å². The lowest BCUT2D eigenvalue weighted by molar-refractivity contribution is -0.296. The maximum absolute atomic E-state index is 10.0. The van der Waals surface area contributed by atoms with Gasteiger partial charge in [-0.2, -0.15) is 0 Å². The summed E-state index contributed by atoms with van der Waals surface area (Å²) < 4.78 is 10.6. The zero-order chi connectivity index (χ0) is 23.4. The summed E-state index contributed by atoms with van der Waals surface area (Å²) in [6.07, 6.45) is 18.0. The highest BCUT2D eigenvalue weighted by Crippen LogP contribution is 2.22. The molecule has 0 amide bonds. The Hall–Kier alpha value is -0.240. The number of aliphatic hydroxyl groups excluding tert-OH is 4. The van der Waals surface area contributed by atoms with Gasteiger partial charge in [0.15, 0.2) is 6.29 Å².